The Morgan fingerprint density at radius 1 is 1.33 bits per heavy atom. The van der Waals surface area contributed by atoms with Crippen molar-refractivity contribution in [3.8, 4) is 17.0 Å². The molecule has 4 N–H and O–H groups in total. The van der Waals surface area contributed by atoms with Crippen LogP contribution in [0.4, 0.5) is 9.52 Å². The number of methoxy groups -OCH3 is 1. The maximum atomic E-state index is 13.5. The molecule has 2 aromatic heterocycles. The molecule has 0 amide bonds. The van der Waals surface area contributed by atoms with Crippen LogP contribution in [0, 0.1) is 5.82 Å². The van der Waals surface area contributed by atoms with E-state index >= 15 is 0 Å². The lowest BCUT2D eigenvalue weighted by Crippen LogP contribution is -2.67. The van der Waals surface area contributed by atoms with Gasteiger partial charge in [0.2, 0.25) is 10.1 Å². The fourth-order valence-electron chi connectivity index (χ4n) is 3.13. The summed E-state index contributed by atoms with van der Waals surface area (Å²) >= 11 is 1.33. The van der Waals surface area contributed by atoms with Crippen molar-refractivity contribution in [1.82, 2.24) is 14.6 Å². The van der Waals surface area contributed by atoms with Crippen LogP contribution in [-0.2, 0) is 0 Å². The van der Waals surface area contributed by atoms with Gasteiger partial charge in [0, 0.05) is 24.7 Å². The molecule has 1 fully saturated rings. The van der Waals surface area contributed by atoms with Gasteiger partial charge in [0.1, 0.15) is 11.6 Å². The number of piperidine rings is 1. The van der Waals surface area contributed by atoms with Gasteiger partial charge < -0.3 is 25.6 Å². The van der Waals surface area contributed by atoms with Gasteiger partial charge in [0.05, 0.1) is 36.7 Å². The van der Waals surface area contributed by atoms with E-state index in [0.29, 0.717) is 27.1 Å². The van der Waals surface area contributed by atoms with Crippen LogP contribution >= 0.6 is 11.3 Å². The van der Waals surface area contributed by atoms with Crippen molar-refractivity contribution >= 4 is 21.4 Å². The van der Waals surface area contributed by atoms with Crippen molar-refractivity contribution in [2.24, 2.45) is 5.73 Å². The van der Waals surface area contributed by atoms with E-state index in [0.717, 1.165) is 0 Å². The van der Waals surface area contributed by atoms with Crippen molar-refractivity contribution < 1.29 is 19.3 Å². The number of benzene rings is 1. The zero-order valence-corrected chi connectivity index (χ0v) is 15.6. The largest absolute Gasteiger partial charge is 0.496 e. The molecule has 0 aliphatic carbocycles. The molecule has 1 aromatic carbocycles. The highest BCUT2D eigenvalue weighted by atomic mass is 32.1. The number of hydrogen-bond acceptors (Lipinski definition) is 8. The fraction of sp³-hybridized carbons (Fsp3) is 0.412. The Bertz CT molecular complexity index is 974. The smallest absolute Gasteiger partial charge is 0.214 e. The first-order valence-corrected chi connectivity index (χ1v) is 9.21. The third kappa shape index (κ3) is 2.94. The molecule has 0 unspecified atom stereocenters. The minimum atomic E-state index is -1.07. The van der Waals surface area contributed by atoms with Crippen LogP contribution in [0.1, 0.15) is 6.92 Å². The second-order valence-electron chi connectivity index (χ2n) is 6.87. The number of anilines is 1. The van der Waals surface area contributed by atoms with Crippen molar-refractivity contribution in [3.63, 3.8) is 0 Å². The van der Waals surface area contributed by atoms with E-state index in [1.807, 2.05) is 0 Å². The molecule has 144 valence electrons. The predicted octanol–water partition coefficient (Wildman–Crippen LogP) is 0.865. The number of fused-ring (bicyclic) bond motifs is 1. The zero-order valence-electron chi connectivity index (χ0n) is 14.8. The van der Waals surface area contributed by atoms with E-state index in [2.05, 4.69) is 10.1 Å². The number of nitrogens with two attached hydrogens (primary N) is 1. The summed E-state index contributed by atoms with van der Waals surface area (Å²) in [5.41, 5.74) is 6.25. The molecule has 1 saturated heterocycles. The maximum absolute atomic E-state index is 13.5. The normalized spacial score (nSPS) is 25.9. The summed E-state index contributed by atoms with van der Waals surface area (Å²) < 4.78 is 20.4. The minimum Gasteiger partial charge on any atom is -0.496 e. The van der Waals surface area contributed by atoms with E-state index in [4.69, 9.17) is 10.5 Å². The van der Waals surface area contributed by atoms with E-state index in [1.54, 1.807) is 28.6 Å². The van der Waals surface area contributed by atoms with E-state index in [-0.39, 0.29) is 13.1 Å². The summed E-state index contributed by atoms with van der Waals surface area (Å²) in [6.45, 7) is 2.15. The van der Waals surface area contributed by atoms with Gasteiger partial charge in [-0.2, -0.15) is 0 Å². The highest BCUT2D eigenvalue weighted by Crippen LogP contribution is 2.34. The number of aliphatic hydroxyl groups excluding tert-OH is 2. The minimum absolute atomic E-state index is 0.260. The van der Waals surface area contributed by atoms with E-state index in [1.165, 1.54) is 30.6 Å². The zero-order chi connectivity index (χ0) is 19.3. The van der Waals surface area contributed by atoms with Gasteiger partial charge >= 0.3 is 0 Å². The Balaban J connectivity index is 1.71. The van der Waals surface area contributed by atoms with Gasteiger partial charge in [-0.3, -0.25) is 0 Å². The lowest BCUT2D eigenvalue weighted by Gasteiger charge is -2.44. The summed E-state index contributed by atoms with van der Waals surface area (Å²) in [5, 5.41) is 25.7. The fourth-order valence-corrected chi connectivity index (χ4v) is 4.03. The highest BCUT2D eigenvalue weighted by Gasteiger charge is 2.43. The first kappa shape index (κ1) is 18.1. The number of rotatable bonds is 3. The number of nitrogens with zero attached hydrogens (tertiary/aromatic N) is 4. The number of imidazole rings is 1. The third-order valence-corrected chi connectivity index (χ3v) is 5.99. The molecule has 0 bridgehead atoms. The molecule has 10 heteroatoms. The van der Waals surface area contributed by atoms with Crippen molar-refractivity contribution in [3.05, 3.63) is 30.2 Å². The molecule has 0 spiro atoms. The highest BCUT2D eigenvalue weighted by molar-refractivity contribution is 7.20. The van der Waals surface area contributed by atoms with Crippen LogP contribution in [0.15, 0.2) is 24.4 Å². The van der Waals surface area contributed by atoms with Crippen molar-refractivity contribution in [2.45, 2.75) is 24.7 Å². The van der Waals surface area contributed by atoms with Gasteiger partial charge in [-0.05, 0) is 19.1 Å². The van der Waals surface area contributed by atoms with Gasteiger partial charge in [0.25, 0.3) is 0 Å². The summed E-state index contributed by atoms with van der Waals surface area (Å²) in [6.07, 6.45) is -0.141. The number of hydrogen-bond donors (Lipinski definition) is 3. The van der Waals surface area contributed by atoms with Crippen LogP contribution in [0.2, 0.25) is 0 Å². The molecular formula is C17H20FN5O3S. The van der Waals surface area contributed by atoms with Gasteiger partial charge in [0.15, 0.2) is 0 Å². The van der Waals surface area contributed by atoms with Crippen LogP contribution in [0.3, 0.4) is 0 Å². The van der Waals surface area contributed by atoms with Gasteiger partial charge in [-0.25, -0.2) is 13.9 Å². The molecular weight excluding hydrogens is 373 g/mol. The molecule has 3 aromatic rings. The van der Waals surface area contributed by atoms with E-state index < -0.39 is 23.6 Å². The van der Waals surface area contributed by atoms with Gasteiger partial charge in [-0.1, -0.05) is 11.3 Å². The molecule has 8 nitrogen and oxygen atoms in total. The summed E-state index contributed by atoms with van der Waals surface area (Å²) in [6, 6.07) is 4.27. The van der Waals surface area contributed by atoms with Crippen LogP contribution in [0.25, 0.3) is 16.2 Å². The third-order valence-electron chi connectivity index (χ3n) is 5.01. The molecule has 1 aliphatic heterocycles. The molecule has 0 radical (unpaired) electrons. The second kappa shape index (κ2) is 6.41. The summed E-state index contributed by atoms with van der Waals surface area (Å²) in [4.78, 5) is 6.79. The standard InChI is InChI=1S/C17H20FN5O3S/c1-17(19)13(24)7-22(8-14(17)25)16-21-23-11(6-20-15(23)27-16)10-4-3-9(18)5-12(10)26-2/h3-6,13-14,24-25H,7-8,19H2,1-2H3/t13-,14+,17-. The molecule has 27 heavy (non-hydrogen) atoms. The second-order valence-corrected chi connectivity index (χ2v) is 7.80. The van der Waals surface area contributed by atoms with Crippen molar-refractivity contribution in [1.29, 1.82) is 0 Å². The van der Waals surface area contributed by atoms with Crippen LogP contribution < -0.4 is 15.4 Å². The van der Waals surface area contributed by atoms with Gasteiger partial charge in [-0.15, -0.1) is 5.10 Å². The number of ether oxygens (including phenoxy) is 1. The first-order valence-electron chi connectivity index (χ1n) is 8.39. The average molecular weight is 393 g/mol. The molecule has 3 heterocycles. The molecule has 0 saturated carbocycles. The van der Waals surface area contributed by atoms with E-state index in [9.17, 15) is 14.6 Å². The van der Waals surface area contributed by atoms with Crippen LogP contribution in [-0.4, -0.2) is 62.8 Å². The Morgan fingerprint density at radius 2 is 2.04 bits per heavy atom. The summed E-state index contributed by atoms with van der Waals surface area (Å²) in [5.74, 6) is -0.00878. The SMILES string of the molecule is COc1cc(F)ccc1-c1cnc2sc(N3C[C@@H](O)[C@@](C)(N)[C@@H](O)C3)nn12. The lowest BCUT2D eigenvalue weighted by atomic mass is 9.85. The maximum Gasteiger partial charge on any atom is 0.214 e. The monoisotopic (exact) mass is 393 g/mol. The number of aliphatic hydroxyl groups is 2. The number of halogens is 1. The Hall–Kier alpha value is -2.27. The number of β-amino-alcohol motifs (C(OH)–C–C–N with tert-alkyl or cyclic N) is 2. The topological polar surface area (TPSA) is 109 Å². The molecule has 1 aliphatic rings. The Morgan fingerprint density at radius 3 is 2.70 bits per heavy atom. The molecule has 3 atom stereocenters. The Labute approximate surface area is 158 Å². The quantitative estimate of drug-likeness (QED) is 0.606. The average Bonchev–Trinajstić information content (AvgIpc) is 3.20. The Kier molecular flexibility index (Phi) is 4.30. The van der Waals surface area contributed by atoms with Crippen molar-refractivity contribution in [2.75, 3.05) is 25.1 Å². The first-order chi connectivity index (χ1) is 12.8. The summed E-state index contributed by atoms with van der Waals surface area (Å²) in [7, 11) is 1.48. The number of aromatic nitrogens is 3. The molecule has 4 rings (SSSR count). The predicted molar refractivity (Wildman–Crippen MR) is 99.6 cm³/mol. The van der Waals surface area contributed by atoms with Crippen LogP contribution in [0.5, 0.6) is 5.75 Å². The lowest BCUT2D eigenvalue weighted by molar-refractivity contribution is -0.0130.